The fourth-order valence-electron chi connectivity index (χ4n) is 8.67. The molecule has 0 radical (unpaired) electrons. The summed E-state index contributed by atoms with van der Waals surface area (Å²) in [5, 5.41) is 3.61. The van der Waals surface area contributed by atoms with E-state index < -0.39 is 65.3 Å². The zero-order chi connectivity index (χ0) is 37.6. The minimum atomic E-state index is -1.18. The number of carbonyl (C=O) groups excluding carboxylic acids is 3. The Kier molecular flexibility index (Phi) is 15.1. The molecule has 0 saturated carbocycles. The number of Topliss-reactive ketones (excluding diaryl/α,β-unsaturated/α-hetero) is 1. The van der Waals surface area contributed by atoms with Crippen LogP contribution in [0.4, 0.5) is 4.79 Å². The van der Waals surface area contributed by atoms with Crippen LogP contribution in [0.15, 0.2) is 5.11 Å². The zero-order valence-electron chi connectivity index (χ0n) is 31.9. The van der Waals surface area contributed by atoms with Gasteiger partial charge in [-0.1, -0.05) is 32.8 Å². The van der Waals surface area contributed by atoms with Crippen LogP contribution >= 0.6 is 8.46 Å². The third kappa shape index (κ3) is 9.17. The van der Waals surface area contributed by atoms with Gasteiger partial charge in [-0.3, -0.25) is 14.2 Å². The minimum absolute atomic E-state index is 0.0206. The second-order valence-electron chi connectivity index (χ2n) is 15.4. The van der Waals surface area contributed by atoms with Gasteiger partial charge in [0.05, 0.1) is 23.9 Å². The normalized spacial score (nSPS) is 40.5. The van der Waals surface area contributed by atoms with E-state index in [2.05, 4.69) is 23.9 Å². The second kappa shape index (κ2) is 17.9. The van der Waals surface area contributed by atoms with Crippen molar-refractivity contribution in [3.8, 4) is 0 Å². The van der Waals surface area contributed by atoms with Crippen molar-refractivity contribution in [3.05, 3.63) is 10.4 Å². The summed E-state index contributed by atoms with van der Waals surface area (Å²) in [5.41, 5.74) is 5.96. The van der Waals surface area contributed by atoms with Crippen LogP contribution in [0.2, 0.25) is 0 Å². The summed E-state index contributed by atoms with van der Waals surface area (Å²) < 4.78 is 44.1. The fourth-order valence-corrected chi connectivity index (χ4v) is 9.44. The summed E-state index contributed by atoms with van der Waals surface area (Å²) in [7, 11) is 5.32. The Hall–Kier alpha value is -2.34. The highest BCUT2D eigenvalue weighted by Gasteiger charge is 2.59. The first-order valence-electron chi connectivity index (χ1n) is 18.1. The fraction of sp³-hybridized carbons (Fsp3) is 0.914. The molecule has 0 N–H and O–H groups in total. The van der Waals surface area contributed by atoms with Gasteiger partial charge >= 0.3 is 12.1 Å². The maximum Gasteiger partial charge on any atom is 0.410 e. The van der Waals surface area contributed by atoms with Gasteiger partial charge in [0.2, 0.25) is 0 Å². The SMILES string of the molecule is CC[C@H]1OC(=O)[C@H](C)C(=O)[C@H](C)[C@@H](O[C@@H]2OC(C)CC(N(C)C)C2P=O)[C@](C)(OC)CC(C)C[C@H](C)[C@H]2N(CCCCN=[N+]=[N-])C(=O)O[C@]12C. The molecule has 15 heteroatoms. The molecule has 3 saturated heterocycles. The molecule has 0 aromatic rings. The Bertz CT molecular complexity index is 1250. The van der Waals surface area contributed by atoms with Crippen molar-refractivity contribution in [1.82, 2.24) is 9.80 Å². The van der Waals surface area contributed by atoms with Crippen molar-refractivity contribution in [2.75, 3.05) is 34.3 Å². The van der Waals surface area contributed by atoms with Crippen LogP contribution in [0.1, 0.15) is 93.9 Å². The predicted octanol–water partition coefficient (Wildman–Crippen LogP) is 6.40. The summed E-state index contributed by atoms with van der Waals surface area (Å²) in [5.74, 6) is -3.15. The lowest BCUT2D eigenvalue weighted by Gasteiger charge is -2.47. The molecular formula is C35H60N5O9P. The monoisotopic (exact) mass is 725 g/mol. The van der Waals surface area contributed by atoms with Gasteiger partial charge in [-0.25, -0.2) is 4.79 Å². The smallest absolute Gasteiger partial charge is 0.410 e. The van der Waals surface area contributed by atoms with Crippen LogP contribution in [0.3, 0.4) is 0 Å². The van der Waals surface area contributed by atoms with E-state index in [1.807, 2.05) is 46.7 Å². The molecule has 13 atom stereocenters. The molecule has 3 heterocycles. The first-order chi connectivity index (χ1) is 23.5. The number of ketones is 1. The standard InChI is InChI=1S/C35H60N5O9P/c1-12-26-35(8)29(40(33(43)49-35)16-14-13-15-37-38-36)21(3)17-20(2)19-34(7,45-11)30(23(5)27(41)24(6)31(42)47-26)48-32-28(50-44)25(39(9)10)18-22(4)46-32/h20-26,28-30,32H,12-19H2,1-11H3/t20?,21-,22?,23-,24+,25?,26+,28?,29+,30+,32-,34+,35+/m0/s1. The highest BCUT2D eigenvalue weighted by atomic mass is 31.1. The Morgan fingerprint density at radius 2 is 1.78 bits per heavy atom. The van der Waals surface area contributed by atoms with Gasteiger partial charge in [0.1, 0.15) is 17.7 Å². The highest BCUT2D eigenvalue weighted by Crippen LogP contribution is 2.44. The number of fused-ring (bicyclic) bond motifs is 1. The summed E-state index contributed by atoms with van der Waals surface area (Å²) in [4.78, 5) is 48.1. The first kappa shape index (κ1) is 42.1. The number of carbonyl (C=O) groups is 3. The third-order valence-electron chi connectivity index (χ3n) is 11.2. The number of esters is 1. The maximum absolute atomic E-state index is 14.2. The minimum Gasteiger partial charge on any atom is -0.458 e. The number of amides is 1. The maximum atomic E-state index is 14.2. The van der Waals surface area contributed by atoms with Gasteiger partial charge in [0.25, 0.3) is 0 Å². The number of methoxy groups -OCH3 is 1. The molecule has 0 aromatic carbocycles. The average molecular weight is 726 g/mol. The number of hydrogen-bond acceptors (Lipinski definition) is 11. The lowest BCUT2D eigenvalue weighted by atomic mass is 9.74. The van der Waals surface area contributed by atoms with Crippen LogP contribution in [0.25, 0.3) is 10.4 Å². The van der Waals surface area contributed by atoms with Crippen molar-refractivity contribution in [3.63, 3.8) is 0 Å². The van der Waals surface area contributed by atoms with Gasteiger partial charge in [-0.15, -0.1) is 0 Å². The van der Waals surface area contributed by atoms with Crippen LogP contribution in [0.5, 0.6) is 0 Å². The first-order valence-corrected chi connectivity index (χ1v) is 19.0. The molecule has 0 spiro atoms. The molecule has 4 unspecified atom stereocenters. The molecule has 3 rings (SSSR count). The Morgan fingerprint density at radius 3 is 2.36 bits per heavy atom. The number of ether oxygens (including phenoxy) is 5. The highest BCUT2D eigenvalue weighted by molar-refractivity contribution is 7.25. The van der Waals surface area contributed by atoms with Crippen molar-refractivity contribution >= 4 is 26.3 Å². The lowest BCUT2D eigenvalue weighted by Crippen LogP contribution is -2.58. The van der Waals surface area contributed by atoms with Crippen molar-refractivity contribution < 1.29 is 42.6 Å². The predicted molar refractivity (Wildman–Crippen MR) is 188 cm³/mol. The van der Waals surface area contributed by atoms with E-state index in [0.717, 1.165) is 0 Å². The molecule has 1 amide bonds. The van der Waals surface area contributed by atoms with E-state index in [1.165, 1.54) is 6.92 Å². The van der Waals surface area contributed by atoms with Crippen molar-refractivity contribution in [1.29, 1.82) is 0 Å². The van der Waals surface area contributed by atoms with Crippen molar-refractivity contribution in [2.45, 2.75) is 147 Å². The van der Waals surface area contributed by atoms with Gasteiger partial charge < -0.3 is 33.5 Å². The van der Waals surface area contributed by atoms with Crippen LogP contribution < -0.4 is 0 Å². The van der Waals surface area contributed by atoms with Crippen molar-refractivity contribution in [2.24, 2.45) is 28.8 Å². The van der Waals surface area contributed by atoms with E-state index in [9.17, 15) is 18.9 Å². The Labute approximate surface area is 299 Å². The third-order valence-corrected chi connectivity index (χ3v) is 12.0. The van der Waals surface area contributed by atoms with E-state index >= 15 is 0 Å². The van der Waals surface area contributed by atoms with E-state index in [4.69, 9.17) is 29.2 Å². The Morgan fingerprint density at radius 1 is 1.10 bits per heavy atom. The lowest BCUT2D eigenvalue weighted by molar-refractivity contribution is -0.260. The molecule has 0 aliphatic carbocycles. The molecule has 284 valence electrons. The van der Waals surface area contributed by atoms with Crippen LogP contribution in [0, 0.1) is 23.7 Å². The summed E-state index contributed by atoms with van der Waals surface area (Å²) >= 11 is 0. The van der Waals surface area contributed by atoms with E-state index in [-0.39, 0.29) is 38.2 Å². The second-order valence-corrected chi connectivity index (χ2v) is 16.2. The average Bonchev–Trinajstić information content (AvgIpc) is 3.32. The number of azide groups is 1. The largest absolute Gasteiger partial charge is 0.458 e. The summed E-state index contributed by atoms with van der Waals surface area (Å²) in [6.07, 6.45) is 0.131. The zero-order valence-corrected chi connectivity index (χ0v) is 32.8. The molecule has 3 aliphatic heterocycles. The van der Waals surface area contributed by atoms with Gasteiger partial charge in [0, 0.05) is 37.1 Å². The van der Waals surface area contributed by atoms with Gasteiger partial charge in [-0.05, 0) is 97.7 Å². The van der Waals surface area contributed by atoms with E-state index in [1.54, 1.807) is 18.9 Å². The summed E-state index contributed by atoms with van der Waals surface area (Å²) in [6.45, 7) is 15.7. The molecule has 3 fully saturated rings. The number of cyclic esters (lactones) is 1. The molecular weight excluding hydrogens is 665 g/mol. The molecule has 14 nitrogen and oxygen atoms in total. The molecule has 0 aromatic heterocycles. The number of hydrogen-bond donors (Lipinski definition) is 0. The number of unbranched alkanes of at least 4 members (excludes halogenated alkanes) is 1. The van der Waals surface area contributed by atoms with Crippen LogP contribution in [-0.2, 0) is 37.8 Å². The van der Waals surface area contributed by atoms with Crippen LogP contribution in [-0.4, -0.2) is 115 Å². The molecule has 3 aliphatic rings. The quantitative estimate of drug-likeness (QED) is 0.0442. The number of nitrogens with zero attached hydrogens (tertiary/aromatic N) is 5. The molecule has 50 heavy (non-hydrogen) atoms. The number of rotatable bonds is 11. The topological polar surface area (TPSA) is 170 Å². The Balaban J connectivity index is 2.07. The molecule has 0 bridgehead atoms. The summed E-state index contributed by atoms with van der Waals surface area (Å²) in [6, 6.07) is -0.533. The van der Waals surface area contributed by atoms with Gasteiger partial charge in [-0.2, -0.15) is 0 Å². The van der Waals surface area contributed by atoms with Gasteiger partial charge in [0.15, 0.2) is 26.1 Å². The van der Waals surface area contributed by atoms with E-state index in [0.29, 0.717) is 51.6 Å².